The third-order valence-electron chi connectivity index (χ3n) is 10.6. The van der Waals surface area contributed by atoms with Crippen LogP contribution in [0.1, 0.15) is 106 Å². The first-order chi connectivity index (χ1) is 24.0. The fraction of sp³-hybridized carbons (Fsp3) is 0.659. The zero-order valence-electron chi connectivity index (χ0n) is 31.3. The van der Waals surface area contributed by atoms with Crippen LogP contribution in [0.25, 0.3) is 0 Å². The molecule has 0 aromatic carbocycles. The molecule has 0 unspecified atom stereocenters. The predicted molar refractivity (Wildman–Crippen MR) is 195 cm³/mol. The van der Waals surface area contributed by atoms with Crippen molar-refractivity contribution in [3.63, 3.8) is 0 Å². The highest BCUT2D eigenvalue weighted by Gasteiger charge is 2.41. The summed E-state index contributed by atoms with van der Waals surface area (Å²) in [5, 5.41) is 32.9. The standard InChI is InChI=1S/C41H60O10/c1-9-10-12-23(2)39(46)24(3)13-11-14-34-35-16-15-31(49-35)20-30(42)18-26(5)32(43)21-33(44)29(8)25(4)17-28(7)40(47)41(48)37-19-27(6)36(50-37)22-38(45)51-34/h11,13-14,17,26-27,29,31,33-37,40-41,44,47-48H,2,7,9-10,12,15-16,18-22H2,1,3-6,8H3/b14-11-,24-13+,25-17+/t26-,27+,29+,31+,33-,34+,35+,36-,37+,40+,41-/m0/s1. The van der Waals surface area contributed by atoms with Crippen LogP contribution < -0.4 is 0 Å². The molecule has 0 spiro atoms. The number of rotatable bonds is 7. The summed E-state index contributed by atoms with van der Waals surface area (Å²) in [5.74, 6) is -2.20. The van der Waals surface area contributed by atoms with Gasteiger partial charge in [-0.3, -0.25) is 19.2 Å². The highest BCUT2D eigenvalue weighted by molar-refractivity contribution is 6.07. The molecule has 3 aliphatic rings. The molecule has 11 atom stereocenters. The van der Waals surface area contributed by atoms with Crippen LogP contribution in [0.3, 0.4) is 0 Å². The quantitative estimate of drug-likeness (QED) is 0.172. The number of aliphatic hydroxyl groups is 3. The molecule has 0 amide bonds. The van der Waals surface area contributed by atoms with Gasteiger partial charge >= 0.3 is 5.97 Å². The molecule has 3 aliphatic heterocycles. The van der Waals surface area contributed by atoms with Crippen LogP contribution in [0.5, 0.6) is 0 Å². The minimum Gasteiger partial charge on any atom is -0.455 e. The van der Waals surface area contributed by atoms with Crippen LogP contribution in [0, 0.1) is 17.8 Å². The lowest BCUT2D eigenvalue weighted by atomic mass is 9.87. The maximum atomic E-state index is 13.4. The summed E-state index contributed by atoms with van der Waals surface area (Å²) < 4.78 is 18.3. The molecule has 3 rings (SSSR count). The molecule has 2 fully saturated rings. The van der Waals surface area contributed by atoms with Gasteiger partial charge in [0.1, 0.15) is 29.9 Å². The summed E-state index contributed by atoms with van der Waals surface area (Å²) >= 11 is 0. The molecule has 3 heterocycles. The second-order valence-corrected chi connectivity index (χ2v) is 15.0. The molecule has 0 aliphatic carbocycles. The molecule has 10 heteroatoms. The van der Waals surface area contributed by atoms with E-state index < -0.39 is 66.6 Å². The van der Waals surface area contributed by atoms with E-state index in [1.807, 2.05) is 6.92 Å². The van der Waals surface area contributed by atoms with E-state index in [2.05, 4.69) is 20.1 Å². The van der Waals surface area contributed by atoms with Gasteiger partial charge in [-0.2, -0.15) is 0 Å². The summed E-state index contributed by atoms with van der Waals surface area (Å²) in [7, 11) is 0. The summed E-state index contributed by atoms with van der Waals surface area (Å²) in [6.07, 6.45) is 3.63. The van der Waals surface area contributed by atoms with E-state index in [0.717, 1.165) is 12.8 Å². The SMILES string of the molecule is C=C(CCCC)C(=O)/C(C)=C/C=C\[C@H]1OC(=O)C[C@@H]2O[C@H](C[C@H]2C)[C@H](O)[C@H](O)C(=C)/C=C(\C)[C@@H](C)[C@@H](O)CC(=O)[C@@H](C)CC(=O)C[C@H]2CC[C@H]1O2. The van der Waals surface area contributed by atoms with Crippen LogP contribution in [-0.2, 0) is 33.4 Å². The maximum Gasteiger partial charge on any atom is 0.309 e. The predicted octanol–water partition coefficient (Wildman–Crippen LogP) is 5.63. The molecule has 0 radical (unpaired) electrons. The van der Waals surface area contributed by atoms with Gasteiger partial charge in [0.05, 0.1) is 36.9 Å². The van der Waals surface area contributed by atoms with Gasteiger partial charge in [-0.05, 0) is 74.7 Å². The maximum absolute atomic E-state index is 13.4. The average molecular weight is 713 g/mol. The third-order valence-corrected chi connectivity index (χ3v) is 10.6. The van der Waals surface area contributed by atoms with Gasteiger partial charge in [-0.25, -0.2) is 0 Å². The van der Waals surface area contributed by atoms with Crippen molar-refractivity contribution in [2.24, 2.45) is 17.8 Å². The van der Waals surface area contributed by atoms with E-state index in [9.17, 15) is 34.5 Å². The molecular weight excluding hydrogens is 652 g/mol. The van der Waals surface area contributed by atoms with Crippen LogP contribution in [0.4, 0.5) is 0 Å². The Kier molecular flexibility index (Phi) is 16.4. The minimum absolute atomic E-state index is 0.0148. The van der Waals surface area contributed by atoms with Crippen molar-refractivity contribution in [2.45, 2.75) is 155 Å². The number of carbonyl (C=O) groups is 4. The zero-order valence-corrected chi connectivity index (χ0v) is 31.3. The lowest BCUT2D eigenvalue weighted by molar-refractivity contribution is -0.158. The zero-order chi connectivity index (χ0) is 38.0. The van der Waals surface area contributed by atoms with E-state index in [1.54, 1.807) is 52.0 Å². The molecule has 10 nitrogen and oxygen atoms in total. The second kappa shape index (κ2) is 19.7. The van der Waals surface area contributed by atoms with Gasteiger partial charge in [-0.15, -0.1) is 0 Å². The lowest BCUT2D eigenvalue weighted by Gasteiger charge is -2.26. The van der Waals surface area contributed by atoms with Crippen molar-refractivity contribution in [2.75, 3.05) is 0 Å². The smallest absolute Gasteiger partial charge is 0.309 e. The first-order valence-corrected chi connectivity index (χ1v) is 18.6. The largest absolute Gasteiger partial charge is 0.455 e. The van der Waals surface area contributed by atoms with Crippen molar-refractivity contribution < 1.29 is 48.7 Å². The number of hydrogen-bond acceptors (Lipinski definition) is 10. The number of carbonyl (C=O) groups excluding carboxylic acids is 4. The third kappa shape index (κ3) is 12.3. The first-order valence-electron chi connectivity index (χ1n) is 18.6. The molecule has 0 saturated carbocycles. The van der Waals surface area contributed by atoms with Crippen molar-refractivity contribution >= 4 is 23.3 Å². The fourth-order valence-corrected chi connectivity index (χ4v) is 6.91. The number of Topliss-reactive ketones (excluding diaryl/α,β-unsaturated/α-hetero) is 3. The molecule has 0 aromatic rings. The Balaban J connectivity index is 1.86. The lowest BCUT2D eigenvalue weighted by Crippen LogP contribution is -2.38. The molecule has 3 N–H and O–H groups in total. The Bertz CT molecular complexity index is 1370. The van der Waals surface area contributed by atoms with E-state index >= 15 is 0 Å². The molecular formula is C41H60O10. The van der Waals surface area contributed by atoms with Gasteiger partial charge in [0.15, 0.2) is 5.78 Å². The topological polar surface area (TPSA) is 157 Å². The van der Waals surface area contributed by atoms with Gasteiger partial charge in [0.25, 0.3) is 0 Å². The number of ketones is 3. The molecule has 4 bridgehead atoms. The van der Waals surface area contributed by atoms with Gasteiger partial charge in [0, 0.05) is 31.1 Å². The van der Waals surface area contributed by atoms with Crippen LogP contribution in [-0.4, -0.2) is 87.5 Å². The number of hydrogen-bond donors (Lipinski definition) is 3. The molecule has 284 valence electrons. The van der Waals surface area contributed by atoms with Crippen molar-refractivity contribution in [3.8, 4) is 0 Å². The number of esters is 1. The number of ether oxygens (including phenoxy) is 3. The van der Waals surface area contributed by atoms with E-state index in [4.69, 9.17) is 14.2 Å². The summed E-state index contributed by atoms with van der Waals surface area (Å²) in [4.78, 5) is 52.2. The Labute approximate surface area is 303 Å². The van der Waals surface area contributed by atoms with Gasteiger partial charge in [-0.1, -0.05) is 71.1 Å². The summed E-state index contributed by atoms with van der Waals surface area (Å²) in [6.45, 7) is 18.7. The van der Waals surface area contributed by atoms with E-state index in [0.29, 0.717) is 42.4 Å². The van der Waals surface area contributed by atoms with Gasteiger partial charge in [0.2, 0.25) is 0 Å². The molecule has 0 aromatic heterocycles. The van der Waals surface area contributed by atoms with Crippen LogP contribution in [0.2, 0.25) is 0 Å². The van der Waals surface area contributed by atoms with Crippen LogP contribution in [0.15, 0.2) is 59.8 Å². The van der Waals surface area contributed by atoms with Crippen molar-refractivity contribution in [3.05, 3.63) is 59.8 Å². The Morgan fingerprint density at radius 3 is 2.37 bits per heavy atom. The Hall–Kier alpha value is -3.02. The molecule has 2 saturated heterocycles. The first kappa shape index (κ1) is 42.4. The number of fused-ring (bicyclic) bond motifs is 4. The second-order valence-electron chi connectivity index (χ2n) is 15.0. The Morgan fingerprint density at radius 2 is 1.69 bits per heavy atom. The minimum atomic E-state index is -1.37. The normalized spacial score (nSPS) is 36.5. The number of cyclic esters (lactones) is 1. The van der Waals surface area contributed by atoms with E-state index in [-0.39, 0.29) is 54.5 Å². The number of unbranched alkanes of at least 4 members (excludes halogenated alkanes) is 1. The average Bonchev–Trinajstić information content (AvgIpc) is 3.70. The summed E-state index contributed by atoms with van der Waals surface area (Å²) in [5.41, 5.74) is 1.94. The van der Waals surface area contributed by atoms with E-state index in [1.165, 1.54) is 0 Å². The summed E-state index contributed by atoms with van der Waals surface area (Å²) in [6, 6.07) is 0. The van der Waals surface area contributed by atoms with Crippen LogP contribution >= 0.6 is 0 Å². The number of allylic oxidation sites excluding steroid dienone is 4. The molecule has 51 heavy (non-hydrogen) atoms. The highest BCUT2D eigenvalue weighted by Crippen LogP contribution is 2.34. The Morgan fingerprint density at radius 1 is 0.980 bits per heavy atom. The van der Waals surface area contributed by atoms with Crippen molar-refractivity contribution in [1.29, 1.82) is 0 Å². The van der Waals surface area contributed by atoms with Crippen molar-refractivity contribution in [1.82, 2.24) is 0 Å². The van der Waals surface area contributed by atoms with Gasteiger partial charge < -0.3 is 29.5 Å². The highest BCUT2D eigenvalue weighted by atomic mass is 16.6. The monoisotopic (exact) mass is 712 g/mol. The fourth-order valence-electron chi connectivity index (χ4n) is 6.91. The number of aliphatic hydroxyl groups excluding tert-OH is 3.